The third-order valence-corrected chi connectivity index (χ3v) is 4.01. The number of benzene rings is 1. The summed E-state index contributed by atoms with van der Waals surface area (Å²) in [4.78, 5) is 27.1. The number of hydrogen-bond acceptors (Lipinski definition) is 6. The van der Waals surface area contributed by atoms with Crippen molar-refractivity contribution in [2.75, 3.05) is 44.3 Å². The van der Waals surface area contributed by atoms with Crippen LogP contribution < -0.4 is 11.1 Å². The van der Waals surface area contributed by atoms with E-state index in [0.717, 1.165) is 0 Å². The number of nitrogens with two attached hydrogens (primary N) is 1. The third-order valence-electron chi connectivity index (χ3n) is 3.68. The Labute approximate surface area is 150 Å². The number of hydrogen-bond donors (Lipinski definition) is 2. The number of nitrogens with zero attached hydrogens (tertiary/aromatic N) is 3. The summed E-state index contributed by atoms with van der Waals surface area (Å²) in [7, 11) is 1.33. The molecule has 1 aromatic rings. The van der Waals surface area contributed by atoms with Crippen molar-refractivity contribution in [1.29, 1.82) is 5.26 Å². The first-order valence-corrected chi connectivity index (χ1v) is 7.87. The van der Waals surface area contributed by atoms with Crippen LogP contribution in [0.1, 0.15) is 0 Å². The number of methoxy groups -OCH3 is 1. The van der Waals surface area contributed by atoms with E-state index >= 15 is 0 Å². The molecule has 1 aromatic carbocycles. The second-order valence-corrected chi connectivity index (χ2v) is 5.75. The minimum absolute atomic E-state index is 0.0422. The van der Waals surface area contributed by atoms with Crippen molar-refractivity contribution in [1.82, 2.24) is 9.80 Å². The van der Waals surface area contributed by atoms with Crippen LogP contribution in [0, 0.1) is 11.3 Å². The van der Waals surface area contributed by atoms with Crippen LogP contribution >= 0.6 is 11.6 Å². The Hall–Kier alpha value is -2.92. The van der Waals surface area contributed by atoms with Crippen LogP contribution in [0.5, 0.6) is 0 Å². The first-order chi connectivity index (χ1) is 11.9. The molecular formula is C16H18ClN5O3. The molecule has 1 saturated heterocycles. The molecular weight excluding hydrogens is 346 g/mol. The van der Waals surface area contributed by atoms with E-state index in [0.29, 0.717) is 42.6 Å². The second-order valence-electron chi connectivity index (χ2n) is 5.34. The minimum atomic E-state index is -0.543. The van der Waals surface area contributed by atoms with E-state index in [4.69, 9.17) is 17.3 Å². The van der Waals surface area contributed by atoms with Crippen LogP contribution in [0.4, 0.5) is 16.2 Å². The zero-order valence-electron chi connectivity index (χ0n) is 13.7. The van der Waals surface area contributed by atoms with Gasteiger partial charge in [0.1, 0.15) is 11.6 Å². The van der Waals surface area contributed by atoms with E-state index in [1.165, 1.54) is 19.4 Å². The summed E-state index contributed by atoms with van der Waals surface area (Å²) in [6, 6.07) is 6.57. The summed E-state index contributed by atoms with van der Waals surface area (Å²) in [5.74, 6) is -0.543. The van der Waals surface area contributed by atoms with Crippen LogP contribution in [-0.4, -0.2) is 55.1 Å². The Balaban J connectivity index is 2.00. The summed E-state index contributed by atoms with van der Waals surface area (Å²) in [5.41, 5.74) is 6.42. The standard InChI is InChI=1S/C16H18ClN5O3/c1-25-16(24)22-6-4-21(5-7-22)10-11(9-18)15(23)20-12-2-3-14(19)13(17)8-12/h2-3,8,10H,4-7,19H2,1H3,(H,20,23)/b11-10-. The molecule has 25 heavy (non-hydrogen) atoms. The molecule has 2 amide bonds. The van der Waals surface area contributed by atoms with Crippen molar-refractivity contribution in [3.8, 4) is 6.07 Å². The van der Waals surface area contributed by atoms with Gasteiger partial charge in [-0.25, -0.2) is 4.79 Å². The molecule has 0 aromatic heterocycles. The Morgan fingerprint density at radius 1 is 1.36 bits per heavy atom. The minimum Gasteiger partial charge on any atom is -0.453 e. The van der Waals surface area contributed by atoms with E-state index in [9.17, 15) is 14.9 Å². The number of ether oxygens (including phenoxy) is 1. The molecule has 0 radical (unpaired) electrons. The van der Waals surface area contributed by atoms with Gasteiger partial charge in [0, 0.05) is 38.1 Å². The lowest BCUT2D eigenvalue weighted by molar-refractivity contribution is -0.112. The van der Waals surface area contributed by atoms with Crippen molar-refractivity contribution in [3.05, 3.63) is 35.0 Å². The van der Waals surface area contributed by atoms with Crippen LogP contribution in [0.2, 0.25) is 5.02 Å². The third kappa shape index (κ3) is 4.78. The molecule has 1 aliphatic rings. The van der Waals surface area contributed by atoms with E-state index in [-0.39, 0.29) is 11.7 Å². The van der Waals surface area contributed by atoms with Crippen molar-refractivity contribution in [2.45, 2.75) is 0 Å². The first kappa shape index (κ1) is 18.4. The van der Waals surface area contributed by atoms with Gasteiger partial charge in [-0.05, 0) is 18.2 Å². The highest BCUT2D eigenvalue weighted by molar-refractivity contribution is 6.33. The SMILES string of the molecule is COC(=O)N1CCN(/C=C(/C#N)C(=O)Nc2ccc(N)c(Cl)c2)CC1. The van der Waals surface area contributed by atoms with Gasteiger partial charge in [0.2, 0.25) is 0 Å². The normalized spacial score (nSPS) is 14.7. The van der Waals surface area contributed by atoms with Gasteiger partial charge in [-0.15, -0.1) is 0 Å². The number of nitrogen functional groups attached to an aromatic ring is 1. The fourth-order valence-electron chi connectivity index (χ4n) is 2.29. The number of carbonyl (C=O) groups excluding carboxylic acids is 2. The highest BCUT2D eigenvalue weighted by Gasteiger charge is 2.21. The number of nitriles is 1. The van der Waals surface area contributed by atoms with Gasteiger partial charge in [0.05, 0.1) is 17.8 Å². The molecule has 1 aliphatic heterocycles. The van der Waals surface area contributed by atoms with Gasteiger partial charge < -0.3 is 25.6 Å². The highest BCUT2D eigenvalue weighted by Crippen LogP contribution is 2.22. The smallest absolute Gasteiger partial charge is 0.409 e. The number of piperazine rings is 1. The average Bonchev–Trinajstić information content (AvgIpc) is 2.62. The zero-order chi connectivity index (χ0) is 18.4. The van der Waals surface area contributed by atoms with Crippen molar-refractivity contribution < 1.29 is 14.3 Å². The molecule has 0 unspecified atom stereocenters. The monoisotopic (exact) mass is 363 g/mol. The topological polar surface area (TPSA) is 112 Å². The number of rotatable bonds is 3. The highest BCUT2D eigenvalue weighted by atomic mass is 35.5. The Bertz CT molecular complexity index is 736. The van der Waals surface area contributed by atoms with Gasteiger partial charge >= 0.3 is 6.09 Å². The number of amides is 2. The van der Waals surface area contributed by atoms with Crippen LogP contribution in [0.15, 0.2) is 30.0 Å². The van der Waals surface area contributed by atoms with Crippen LogP contribution in [0.25, 0.3) is 0 Å². The fourth-order valence-corrected chi connectivity index (χ4v) is 2.47. The molecule has 0 bridgehead atoms. The van der Waals surface area contributed by atoms with E-state index < -0.39 is 5.91 Å². The molecule has 0 atom stereocenters. The predicted molar refractivity (Wildman–Crippen MR) is 93.7 cm³/mol. The number of nitrogens with one attached hydrogen (secondary N) is 1. The maximum absolute atomic E-state index is 12.2. The predicted octanol–water partition coefficient (Wildman–Crippen LogP) is 1.65. The molecule has 0 spiro atoms. The van der Waals surface area contributed by atoms with E-state index in [1.807, 2.05) is 11.0 Å². The second kappa shape index (κ2) is 8.26. The van der Waals surface area contributed by atoms with Crippen LogP contribution in [0.3, 0.4) is 0 Å². The van der Waals surface area contributed by atoms with E-state index in [2.05, 4.69) is 10.1 Å². The lowest BCUT2D eigenvalue weighted by atomic mass is 10.2. The van der Waals surface area contributed by atoms with Crippen molar-refractivity contribution in [3.63, 3.8) is 0 Å². The average molecular weight is 364 g/mol. The van der Waals surface area contributed by atoms with Crippen LogP contribution in [-0.2, 0) is 9.53 Å². The van der Waals surface area contributed by atoms with E-state index in [1.54, 1.807) is 17.0 Å². The molecule has 0 aliphatic carbocycles. The van der Waals surface area contributed by atoms with Gasteiger partial charge in [-0.1, -0.05) is 11.6 Å². The molecule has 1 heterocycles. The molecule has 9 heteroatoms. The summed E-state index contributed by atoms with van der Waals surface area (Å²) < 4.78 is 4.67. The molecule has 1 fully saturated rings. The van der Waals surface area contributed by atoms with Gasteiger partial charge in [-0.3, -0.25) is 4.79 Å². The maximum atomic E-state index is 12.2. The molecule has 3 N–H and O–H groups in total. The summed E-state index contributed by atoms with van der Waals surface area (Å²) in [5, 5.41) is 12.2. The molecule has 8 nitrogen and oxygen atoms in total. The Morgan fingerprint density at radius 3 is 2.60 bits per heavy atom. The number of halogens is 1. The number of anilines is 2. The molecule has 132 valence electrons. The van der Waals surface area contributed by atoms with Gasteiger partial charge in [0.25, 0.3) is 5.91 Å². The molecule has 0 saturated carbocycles. The summed E-state index contributed by atoms with van der Waals surface area (Å²) >= 11 is 5.91. The lowest BCUT2D eigenvalue weighted by Crippen LogP contribution is -2.47. The van der Waals surface area contributed by atoms with Gasteiger partial charge in [0.15, 0.2) is 0 Å². The Kier molecular flexibility index (Phi) is 6.08. The first-order valence-electron chi connectivity index (χ1n) is 7.50. The summed E-state index contributed by atoms with van der Waals surface area (Å²) in [6.45, 7) is 1.91. The lowest BCUT2D eigenvalue weighted by Gasteiger charge is -2.33. The van der Waals surface area contributed by atoms with Crippen molar-refractivity contribution >= 4 is 35.0 Å². The molecule has 2 rings (SSSR count). The Morgan fingerprint density at radius 2 is 2.04 bits per heavy atom. The van der Waals surface area contributed by atoms with Gasteiger partial charge in [-0.2, -0.15) is 5.26 Å². The largest absolute Gasteiger partial charge is 0.453 e. The fraction of sp³-hybridized carbons (Fsp3) is 0.312. The summed E-state index contributed by atoms with van der Waals surface area (Å²) in [6.07, 6.45) is 1.10. The van der Waals surface area contributed by atoms with Crippen molar-refractivity contribution in [2.24, 2.45) is 0 Å². The zero-order valence-corrected chi connectivity index (χ0v) is 14.4. The maximum Gasteiger partial charge on any atom is 0.409 e. The quantitative estimate of drug-likeness (QED) is 0.480. The number of carbonyl (C=O) groups is 2.